The van der Waals surface area contributed by atoms with Crippen molar-refractivity contribution in [1.82, 2.24) is 0 Å². The van der Waals surface area contributed by atoms with Gasteiger partial charge in [-0.05, 0) is 24.1 Å². The normalized spacial score (nSPS) is 12.9. The number of anilines is 1. The van der Waals surface area contributed by atoms with E-state index in [1.807, 2.05) is 13.8 Å². The standard InChI is InChI=1S/C12H15BrF3N3/c1-7(2)6-18-11(17)19-8-3-4-10(13)9(5-8)12(14,15)16/h3-5,7H,6H2,1-2H3,(H3,17,18,19). The predicted octanol–water partition coefficient (Wildman–Crippen LogP) is 3.85. The van der Waals surface area contributed by atoms with Crippen LogP contribution in [-0.4, -0.2) is 12.5 Å². The fourth-order valence-electron chi connectivity index (χ4n) is 1.29. The average Bonchev–Trinajstić information content (AvgIpc) is 2.27. The van der Waals surface area contributed by atoms with Crippen LogP contribution in [0.15, 0.2) is 27.7 Å². The van der Waals surface area contributed by atoms with Crippen molar-refractivity contribution in [3.05, 3.63) is 28.2 Å². The van der Waals surface area contributed by atoms with Gasteiger partial charge in [0.2, 0.25) is 0 Å². The lowest BCUT2D eigenvalue weighted by Gasteiger charge is -2.12. The lowest BCUT2D eigenvalue weighted by atomic mass is 10.2. The van der Waals surface area contributed by atoms with Gasteiger partial charge in [0.05, 0.1) is 5.56 Å². The molecule has 1 aromatic carbocycles. The number of aliphatic imine (C=N–C) groups is 1. The summed E-state index contributed by atoms with van der Waals surface area (Å²) in [4.78, 5) is 4.02. The van der Waals surface area contributed by atoms with Crippen molar-refractivity contribution in [3.8, 4) is 0 Å². The molecule has 0 bridgehead atoms. The zero-order chi connectivity index (χ0) is 14.6. The molecule has 0 aliphatic rings. The Morgan fingerprint density at radius 1 is 1.42 bits per heavy atom. The van der Waals surface area contributed by atoms with Gasteiger partial charge >= 0.3 is 6.18 Å². The van der Waals surface area contributed by atoms with Crippen molar-refractivity contribution in [2.45, 2.75) is 20.0 Å². The number of nitrogens with zero attached hydrogens (tertiary/aromatic N) is 1. The minimum absolute atomic E-state index is 0.0109. The Morgan fingerprint density at radius 3 is 2.58 bits per heavy atom. The Kier molecular flexibility index (Phi) is 5.22. The van der Waals surface area contributed by atoms with Gasteiger partial charge in [-0.1, -0.05) is 29.8 Å². The molecule has 3 N–H and O–H groups in total. The van der Waals surface area contributed by atoms with Crippen molar-refractivity contribution in [2.24, 2.45) is 16.6 Å². The van der Waals surface area contributed by atoms with Crippen LogP contribution in [0, 0.1) is 5.92 Å². The quantitative estimate of drug-likeness (QED) is 0.650. The van der Waals surface area contributed by atoms with E-state index in [1.54, 1.807) is 0 Å². The van der Waals surface area contributed by atoms with E-state index in [0.29, 0.717) is 12.5 Å². The van der Waals surface area contributed by atoms with Crippen molar-refractivity contribution in [3.63, 3.8) is 0 Å². The fourth-order valence-corrected chi connectivity index (χ4v) is 1.76. The minimum Gasteiger partial charge on any atom is -0.370 e. The van der Waals surface area contributed by atoms with Crippen LogP contribution in [0.4, 0.5) is 18.9 Å². The van der Waals surface area contributed by atoms with Crippen LogP contribution >= 0.6 is 15.9 Å². The monoisotopic (exact) mass is 337 g/mol. The molecule has 19 heavy (non-hydrogen) atoms. The first kappa shape index (κ1) is 15.8. The van der Waals surface area contributed by atoms with Crippen molar-refractivity contribution < 1.29 is 13.2 Å². The third-order valence-corrected chi connectivity index (χ3v) is 2.86. The molecule has 0 aromatic heterocycles. The maximum absolute atomic E-state index is 12.7. The molecule has 7 heteroatoms. The lowest BCUT2D eigenvalue weighted by molar-refractivity contribution is -0.138. The molecule has 0 fully saturated rings. The highest BCUT2D eigenvalue weighted by molar-refractivity contribution is 9.10. The van der Waals surface area contributed by atoms with Crippen molar-refractivity contribution >= 4 is 27.6 Å². The molecular formula is C12H15BrF3N3. The van der Waals surface area contributed by atoms with E-state index < -0.39 is 11.7 Å². The SMILES string of the molecule is CC(C)CN=C(N)Nc1ccc(Br)c(C(F)(F)F)c1. The lowest BCUT2D eigenvalue weighted by Crippen LogP contribution is -2.23. The first-order valence-electron chi connectivity index (χ1n) is 5.64. The molecule has 106 valence electrons. The Bertz CT molecular complexity index is 470. The highest BCUT2D eigenvalue weighted by Crippen LogP contribution is 2.36. The molecule has 0 atom stereocenters. The summed E-state index contributed by atoms with van der Waals surface area (Å²) in [5.74, 6) is 0.431. The van der Waals surface area contributed by atoms with Gasteiger partial charge in [0, 0.05) is 16.7 Å². The van der Waals surface area contributed by atoms with Gasteiger partial charge in [-0.15, -0.1) is 0 Å². The van der Waals surface area contributed by atoms with Crippen molar-refractivity contribution in [2.75, 3.05) is 11.9 Å². The molecule has 0 spiro atoms. The van der Waals surface area contributed by atoms with E-state index in [2.05, 4.69) is 26.2 Å². The van der Waals surface area contributed by atoms with E-state index in [-0.39, 0.29) is 16.1 Å². The summed E-state index contributed by atoms with van der Waals surface area (Å²) >= 11 is 2.87. The van der Waals surface area contributed by atoms with Gasteiger partial charge in [0.1, 0.15) is 0 Å². The molecule has 0 radical (unpaired) electrons. The Hall–Kier alpha value is -1.24. The molecule has 1 rings (SSSR count). The third-order valence-electron chi connectivity index (χ3n) is 2.17. The molecule has 0 aliphatic carbocycles. The Morgan fingerprint density at radius 2 is 2.05 bits per heavy atom. The maximum atomic E-state index is 12.7. The smallest absolute Gasteiger partial charge is 0.370 e. The van der Waals surface area contributed by atoms with Gasteiger partial charge in [-0.25, -0.2) is 0 Å². The summed E-state index contributed by atoms with van der Waals surface area (Å²) in [6.45, 7) is 4.46. The van der Waals surface area contributed by atoms with E-state index in [9.17, 15) is 13.2 Å². The van der Waals surface area contributed by atoms with E-state index >= 15 is 0 Å². The summed E-state index contributed by atoms with van der Waals surface area (Å²) in [7, 11) is 0. The molecule has 0 aliphatic heterocycles. The summed E-state index contributed by atoms with van der Waals surface area (Å²) in [6.07, 6.45) is -4.42. The topological polar surface area (TPSA) is 50.4 Å². The molecule has 0 saturated carbocycles. The summed E-state index contributed by atoms with van der Waals surface area (Å²) in [6, 6.07) is 3.81. The van der Waals surface area contributed by atoms with Crippen LogP contribution in [0.3, 0.4) is 0 Å². The average molecular weight is 338 g/mol. The van der Waals surface area contributed by atoms with Crippen LogP contribution < -0.4 is 11.1 Å². The number of rotatable bonds is 3. The second kappa shape index (κ2) is 6.27. The van der Waals surface area contributed by atoms with Crippen LogP contribution in [0.5, 0.6) is 0 Å². The maximum Gasteiger partial charge on any atom is 0.417 e. The number of guanidine groups is 1. The third kappa shape index (κ3) is 5.10. The molecule has 0 unspecified atom stereocenters. The number of benzene rings is 1. The largest absolute Gasteiger partial charge is 0.417 e. The molecule has 0 amide bonds. The van der Waals surface area contributed by atoms with Gasteiger partial charge in [-0.2, -0.15) is 13.2 Å². The van der Waals surface area contributed by atoms with Crippen molar-refractivity contribution in [1.29, 1.82) is 0 Å². The number of halogens is 4. The minimum atomic E-state index is -4.42. The molecule has 1 aromatic rings. The highest BCUT2D eigenvalue weighted by Gasteiger charge is 2.33. The Labute approximate surface area is 118 Å². The number of nitrogens with two attached hydrogens (primary N) is 1. The zero-order valence-electron chi connectivity index (χ0n) is 10.6. The van der Waals surface area contributed by atoms with Gasteiger partial charge < -0.3 is 11.1 Å². The number of hydrogen-bond acceptors (Lipinski definition) is 1. The summed E-state index contributed by atoms with van der Waals surface area (Å²) in [5, 5.41) is 2.64. The van der Waals surface area contributed by atoms with E-state index in [1.165, 1.54) is 12.1 Å². The molecular weight excluding hydrogens is 323 g/mol. The number of hydrogen-bond donors (Lipinski definition) is 2. The first-order valence-corrected chi connectivity index (χ1v) is 6.43. The van der Waals surface area contributed by atoms with Crippen LogP contribution in [-0.2, 0) is 6.18 Å². The number of nitrogens with one attached hydrogen (secondary N) is 1. The highest BCUT2D eigenvalue weighted by atomic mass is 79.9. The second-order valence-electron chi connectivity index (χ2n) is 4.44. The van der Waals surface area contributed by atoms with Gasteiger partial charge in [0.25, 0.3) is 0 Å². The van der Waals surface area contributed by atoms with E-state index in [0.717, 1.165) is 6.07 Å². The van der Waals surface area contributed by atoms with Crippen LogP contribution in [0.25, 0.3) is 0 Å². The molecule has 3 nitrogen and oxygen atoms in total. The molecule has 0 heterocycles. The first-order chi connectivity index (χ1) is 8.70. The second-order valence-corrected chi connectivity index (χ2v) is 5.29. The fraction of sp³-hybridized carbons (Fsp3) is 0.417. The Balaban J connectivity index is 2.89. The number of alkyl halides is 3. The van der Waals surface area contributed by atoms with Gasteiger partial charge in [0.15, 0.2) is 5.96 Å². The predicted molar refractivity (Wildman–Crippen MR) is 74.1 cm³/mol. The zero-order valence-corrected chi connectivity index (χ0v) is 12.1. The molecule has 0 saturated heterocycles. The van der Waals surface area contributed by atoms with Crippen LogP contribution in [0.2, 0.25) is 0 Å². The summed E-state index contributed by atoms with van der Waals surface area (Å²) < 4.78 is 38.1. The van der Waals surface area contributed by atoms with E-state index in [4.69, 9.17) is 5.73 Å². The summed E-state index contributed by atoms with van der Waals surface area (Å²) in [5.41, 5.74) is 5.09. The van der Waals surface area contributed by atoms with Crippen LogP contribution in [0.1, 0.15) is 19.4 Å². The van der Waals surface area contributed by atoms with Gasteiger partial charge in [-0.3, -0.25) is 4.99 Å².